The number of hydrogen-bond acceptors (Lipinski definition) is 3. The van der Waals surface area contributed by atoms with Crippen LogP contribution in [0.25, 0.3) is 0 Å². The van der Waals surface area contributed by atoms with Gasteiger partial charge in [-0.25, -0.2) is 4.79 Å². The Morgan fingerprint density at radius 2 is 1.81 bits per heavy atom. The molecule has 0 aliphatic rings. The Bertz CT molecular complexity index is 229. The molecule has 94 valence electrons. The first-order valence-corrected chi connectivity index (χ1v) is 5.58. The highest BCUT2D eigenvalue weighted by Gasteiger charge is 2.16. The van der Waals surface area contributed by atoms with Gasteiger partial charge in [0, 0.05) is 26.2 Å². The van der Waals surface area contributed by atoms with Crippen LogP contribution in [0.15, 0.2) is 0 Å². The van der Waals surface area contributed by atoms with Crippen molar-refractivity contribution in [3.63, 3.8) is 0 Å². The molecule has 0 spiro atoms. The number of primary amides is 1. The van der Waals surface area contributed by atoms with E-state index in [0.29, 0.717) is 26.2 Å². The normalized spacial score (nSPS) is 11.9. The molecule has 0 rings (SSSR count). The number of nitrogens with one attached hydrogen (secondary N) is 2. The number of nitrogens with zero attached hydrogens (tertiary/aromatic N) is 1. The first kappa shape index (κ1) is 14.7. The van der Waals surface area contributed by atoms with Gasteiger partial charge in [-0.3, -0.25) is 4.79 Å². The molecule has 0 heterocycles. The number of nitrogens with two attached hydrogens (primary N) is 1. The van der Waals surface area contributed by atoms with Crippen molar-refractivity contribution in [2.24, 2.45) is 5.73 Å². The van der Waals surface area contributed by atoms with Gasteiger partial charge in [0.05, 0.1) is 6.04 Å². The van der Waals surface area contributed by atoms with Crippen molar-refractivity contribution in [1.29, 1.82) is 0 Å². The van der Waals surface area contributed by atoms with E-state index in [-0.39, 0.29) is 11.9 Å². The third kappa shape index (κ3) is 5.55. The average molecular weight is 230 g/mol. The Morgan fingerprint density at radius 3 is 2.25 bits per heavy atom. The van der Waals surface area contributed by atoms with E-state index in [1.807, 2.05) is 20.8 Å². The van der Waals surface area contributed by atoms with Crippen LogP contribution in [0.1, 0.15) is 20.8 Å². The third-order valence-corrected chi connectivity index (χ3v) is 2.32. The van der Waals surface area contributed by atoms with Crippen molar-refractivity contribution in [2.75, 3.05) is 26.2 Å². The highest BCUT2D eigenvalue weighted by Crippen LogP contribution is 1.93. The van der Waals surface area contributed by atoms with Crippen molar-refractivity contribution >= 4 is 11.9 Å². The molecule has 0 aliphatic heterocycles. The van der Waals surface area contributed by atoms with Gasteiger partial charge in [0.1, 0.15) is 0 Å². The molecular weight excluding hydrogens is 208 g/mol. The second-order valence-corrected chi connectivity index (χ2v) is 3.48. The van der Waals surface area contributed by atoms with E-state index in [9.17, 15) is 9.59 Å². The van der Waals surface area contributed by atoms with Gasteiger partial charge in [-0.2, -0.15) is 0 Å². The molecule has 0 radical (unpaired) electrons. The monoisotopic (exact) mass is 230 g/mol. The van der Waals surface area contributed by atoms with Crippen LogP contribution in [0, 0.1) is 0 Å². The lowest BCUT2D eigenvalue weighted by Gasteiger charge is -2.23. The maximum atomic E-state index is 11.8. The number of likely N-dealkylation sites (N-methyl/N-ethyl adjacent to an activating group) is 1. The molecule has 0 aromatic carbocycles. The number of carbonyl (C=O) groups excluding carboxylic acids is 2. The lowest BCUT2D eigenvalue weighted by Crippen LogP contribution is -2.47. The molecule has 0 saturated heterocycles. The van der Waals surface area contributed by atoms with Gasteiger partial charge >= 0.3 is 6.03 Å². The molecular formula is C10H22N4O2. The minimum Gasteiger partial charge on any atom is -0.352 e. The summed E-state index contributed by atoms with van der Waals surface area (Å²) in [5, 5.41) is 5.47. The summed E-state index contributed by atoms with van der Waals surface area (Å²) >= 11 is 0. The molecule has 0 aliphatic carbocycles. The first-order chi connectivity index (χ1) is 7.52. The van der Waals surface area contributed by atoms with Crippen LogP contribution < -0.4 is 16.4 Å². The standard InChI is InChI=1S/C10H22N4O2/c1-4-14(5-2)9(15)8(3)12-6-7-13-10(11)16/h8,12H,4-7H2,1-3H3,(H3,11,13,16). The summed E-state index contributed by atoms with van der Waals surface area (Å²) in [6.07, 6.45) is 0. The first-order valence-electron chi connectivity index (χ1n) is 5.58. The van der Waals surface area contributed by atoms with Gasteiger partial charge in [0.2, 0.25) is 5.91 Å². The molecule has 0 saturated carbocycles. The van der Waals surface area contributed by atoms with Crippen molar-refractivity contribution in [3.05, 3.63) is 0 Å². The second-order valence-electron chi connectivity index (χ2n) is 3.48. The summed E-state index contributed by atoms with van der Waals surface area (Å²) in [6, 6.07) is -0.793. The largest absolute Gasteiger partial charge is 0.352 e. The number of urea groups is 1. The predicted octanol–water partition coefficient (Wildman–Crippen LogP) is -0.499. The molecule has 0 fully saturated rings. The lowest BCUT2D eigenvalue weighted by molar-refractivity contribution is -0.132. The SMILES string of the molecule is CCN(CC)C(=O)C(C)NCCNC(N)=O. The van der Waals surface area contributed by atoms with E-state index >= 15 is 0 Å². The molecule has 0 aromatic heterocycles. The number of hydrogen-bond donors (Lipinski definition) is 3. The smallest absolute Gasteiger partial charge is 0.312 e. The van der Waals surface area contributed by atoms with Gasteiger partial charge in [-0.1, -0.05) is 0 Å². The Hall–Kier alpha value is -1.30. The van der Waals surface area contributed by atoms with E-state index in [2.05, 4.69) is 10.6 Å². The van der Waals surface area contributed by atoms with Crippen LogP contribution in [0.3, 0.4) is 0 Å². The molecule has 6 nitrogen and oxygen atoms in total. The zero-order valence-corrected chi connectivity index (χ0v) is 10.2. The number of rotatable bonds is 7. The summed E-state index contributed by atoms with van der Waals surface area (Å²) in [7, 11) is 0. The minimum absolute atomic E-state index is 0.0732. The van der Waals surface area contributed by atoms with Crippen LogP contribution in [-0.2, 0) is 4.79 Å². The van der Waals surface area contributed by atoms with Gasteiger partial charge in [-0.05, 0) is 20.8 Å². The van der Waals surface area contributed by atoms with Crippen LogP contribution in [0.2, 0.25) is 0 Å². The molecule has 3 amide bonds. The highest BCUT2D eigenvalue weighted by molar-refractivity contribution is 5.81. The molecule has 0 bridgehead atoms. The van der Waals surface area contributed by atoms with E-state index in [4.69, 9.17) is 5.73 Å². The summed E-state index contributed by atoms with van der Waals surface area (Å²) in [4.78, 5) is 23.9. The van der Waals surface area contributed by atoms with Gasteiger partial charge in [0.25, 0.3) is 0 Å². The fraction of sp³-hybridized carbons (Fsp3) is 0.800. The fourth-order valence-electron chi connectivity index (χ4n) is 1.37. The summed E-state index contributed by atoms with van der Waals surface area (Å²) in [5.74, 6) is 0.0732. The summed E-state index contributed by atoms with van der Waals surface area (Å²) in [6.45, 7) is 8.07. The van der Waals surface area contributed by atoms with Crippen LogP contribution in [-0.4, -0.2) is 49.1 Å². The van der Waals surface area contributed by atoms with Gasteiger partial charge in [0.15, 0.2) is 0 Å². The van der Waals surface area contributed by atoms with E-state index in [1.165, 1.54) is 0 Å². The van der Waals surface area contributed by atoms with Crippen molar-refractivity contribution in [2.45, 2.75) is 26.8 Å². The number of amides is 3. The number of carbonyl (C=O) groups is 2. The second kappa shape index (κ2) is 7.92. The van der Waals surface area contributed by atoms with Gasteiger partial charge < -0.3 is 21.3 Å². The van der Waals surface area contributed by atoms with E-state index in [0.717, 1.165) is 0 Å². The molecule has 16 heavy (non-hydrogen) atoms. The summed E-state index contributed by atoms with van der Waals surface area (Å²) in [5.41, 5.74) is 4.91. The maximum Gasteiger partial charge on any atom is 0.312 e. The molecule has 1 atom stereocenters. The zero-order valence-electron chi connectivity index (χ0n) is 10.2. The Balaban J connectivity index is 3.82. The van der Waals surface area contributed by atoms with Crippen molar-refractivity contribution in [1.82, 2.24) is 15.5 Å². The minimum atomic E-state index is -0.551. The molecule has 4 N–H and O–H groups in total. The topological polar surface area (TPSA) is 87.5 Å². The zero-order chi connectivity index (χ0) is 12.6. The average Bonchev–Trinajstić information content (AvgIpc) is 2.25. The van der Waals surface area contributed by atoms with E-state index in [1.54, 1.807) is 4.90 Å². The predicted molar refractivity (Wildman–Crippen MR) is 63.0 cm³/mol. The van der Waals surface area contributed by atoms with Crippen LogP contribution >= 0.6 is 0 Å². The quantitative estimate of drug-likeness (QED) is 0.515. The Labute approximate surface area is 96.5 Å². The maximum absolute atomic E-state index is 11.8. The Morgan fingerprint density at radius 1 is 1.25 bits per heavy atom. The fourth-order valence-corrected chi connectivity index (χ4v) is 1.37. The lowest BCUT2D eigenvalue weighted by atomic mass is 10.3. The molecule has 1 unspecified atom stereocenters. The third-order valence-electron chi connectivity index (χ3n) is 2.32. The van der Waals surface area contributed by atoms with Crippen molar-refractivity contribution in [3.8, 4) is 0 Å². The van der Waals surface area contributed by atoms with Gasteiger partial charge in [-0.15, -0.1) is 0 Å². The highest BCUT2D eigenvalue weighted by atomic mass is 16.2. The van der Waals surface area contributed by atoms with E-state index < -0.39 is 6.03 Å². The van der Waals surface area contributed by atoms with Crippen LogP contribution in [0.4, 0.5) is 4.79 Å². The van der Waals surface area contributed by atoms with Crippen molar-refractivity contribution < 1.29 is 9.59 Å². The summed E-state index contributed by atoms with van der Waals surface area (Å²) < 4.78 is 0. The Kier molecular flexibility index (Phi) is 7.28. The molecule has 6 heteroatoms. The molecule has 0 aromatic rings. The van der Waals surface area contributed by atoms with Crippen LogP contribution in [0.5, 0.6) is 0 Å².